The molecule has 3 aromatic rings. The average molecular weight is 405 g/mol. The van der Waals surface area contributed by atoms with Crippen molar-refractivity contribution in [2.75, 3.05) is 26.2 Å². The molecule has 1 aliphatic heterocycles. The highest BCUT2D eigenvalue weighted by Crippen LogP contribution is 2.31. The fourth-order valence-corrected chi connectivity index (χ4v) is 4.13. The van der Waals surface area contributed by atoms with Crippen molar-refractivity contribution in [3.05, 3.63) is 77.6 Å². The molecule has 30 heavy (non-hydrogen) atoms. The van der Waals surface area contributed by atoms with Crippen molar-refractivity contribution in [2.45, 2.75) is 45.3 Å². The van der Waals surface area contributed by atoms with E-state index in [4.69, 9.17) is 0 Å². The number of piperazine rings is 1. The van der Waals surface area contributed by atoms with Crippen molar-refractivity contribution in [3.63, 3.8) is 0 Å². The van der Waals surface area contributed by atoms with Crippen LogP contribution < -0.4 is 0 Å². The number of hydrogen-bond acceptors (Lipinski definition) is 5. The summed E-state index contributed by atoms with van der Waals surface area (Å²) >= 11 is 0. The minimum atomic E-state index is -0.124. The summed E-state index contributed by atoms with van der Waals surface area (Å²) in [5.74, 6) is 0.935. The molecule has 0 aliphatic carbocycles. The number of aromatic nitrogens is 4. The summed E-state index contributed by atoms with van der Waals surface area (Å²) in [6, 6.07) is 21.5. The molecule has 0 N–H and O–H groups in total. The maximum absolute atomic E-state index is 4.52. The smallest absolute Gasteiger partial charge is 0.173 e. The molecule has 1 atom stereocenters. The lowest BCUT2D eigenvalue weighted by Gasteiger charge is -2.39. The minimum absolute atomic E-state index is 0.0610. The van der Waals surface area contributed by atoms with Crippen molar-refractivity contribution in [2.24, 2.45) is 0 Å². The molecule has 0 saturated carbocycles. The Hall–Kier alpha value is -2.57. The third-order valence-corrected chi connectivity index (χ3v) is 6.31. The van der Waals surface area contributed by atoms with E-state index in [-0.39, 0.29) is 11.6 Å². The van der Waals surface area contributed by atoms with E-state index in [2.05, 4.69) is 107 Å². The van der Waals surface area contributed by atoms with Gasteiger partial charge in [0.15, 0.2) is 5.82 Å². The molecule has 6 heteroatoms. The zero-order valence-corrected chi connectivity index (χ0v) is 18.3. The normalized spacial score (nSPS) is 17.2. The first-order chi connectivity index (χ1) is 14.6. The predicted molar refractivity (Wildman–Crippen MR) is 119 cm³/mol. The van der Waals surface area contributed by atoms with E-state index in [9.17, 15) is 0 Å². The van der Waals surface area contributed by atoms with Crippen LogP contribution in [0.4, 0.5) is 0 Å². The van der Waals surface area contributed by atoms with Gasteiger partial charge in [0.1, 0.15) is 0 Å². The maximum atomic E-state index is 4.52. The van der Waals surface area contributed by atoms with E-state index in [0.29, 0.717) is 0 Å². The molecular weight excluding hydrogens is 372 g/mol. The fraction of sp³-hybridized carbons (Fsp3) is 0.458. The van der Waals surface area contributed by atoms with Gasteiger partial charge in [-0.2, -0.15) is 0 Å². The van der Waals surface area contributed by atoms with E-state index in [1.54, 1.807) is 0 Å². The number of hydrogen-bond donors (Lipinski definition) is 0. The van der Waals surface area contributed by atoms with Crippen molar-refractivity contribution in [3.8, 4) is 0 Å². The summed E-state index contributed by atoms with van der Waals surface area (Å²) in [5, 5.41) is 13.0. The largest absolute Gasteiger partial charge is 0.297 e. The van der Waals surface area contributed by atoms with E-state index < -0.39 is 0 Å². The molecule has 0 bridgehead atoms. The van der Waals surface area contributed by atoms with Crippen LogP contribution in [0.15, 0.2) is 60.7 Å². The minimum Gasteiger partial charge on any atom is -0.297 e. The summed E-state index contributed by atoms with van der Waals surface area (Å²) in [6.45, 7) is 11.7. The zero-order valence-electron chi connectivity index (χ0n) is 18.3. The van der Waals surface area contributed by atoms with Gasteiger partial charge in [0, 0.05) is 32.7 Å². The number of nitrogens with zero attached hydrogens (tertiary/aromatic N) is 6. The van der Waals surface area contributed by atoms with Gasteiger partial charge >= 0.3 is 0 Å². The highest BCUT2D eigenvalue weighted by atomic mass is 15.6. The standard InChI is InChI=1S/C24H32N6/c1-4-24(2,3)30-23(25-26-27-30)22(21-13-9-6-10-14-21)29-17-15-28(16-18-29)19-20-11-7-5-8-12-20/h5-14,22H,4,15-19H2,1-3H3/t22-/m1/s1. The number of tetrazole rings is 1. The zero-order chi connectivity index (χ0) is 21.0. The second-order valence-electron chi connectivity index (χ2n) is 8.73. The molecule has 0 unspecified atom stereocenters. The topological polar surface area (TPSA) is 50.1 Å². The molecule has 1 saturated heterocycles. The predicted octanol–water partition coefficient (Wildman–Crippen LogP) is 3.73. The lowest BCUT2D eigenvalue weighted by Crippen LogP contribution is -2.48. The lowest BCUT2D eigenvalue weighted by atomic mass is 9.99. The first-order valence-electron chi connectivity index (χ1n) is 10.9. The second kappa shape index (κ2) is 9.06. The molecule has 2 heterocycles. The van der Waals surface area contributed by atoms with Crippen LogP contribution >= 0.6 is 0 Å². The molecule has 1 aromatic heterocycles. The Bertz CT molecular complexity index is 913. The summed E-state index contributed by atoms with van der Waals surface area (Å²) in [4.78, 5) is 5.07. The van der Waals surface area contributed by atoms with Crippen LogP contribution in [0.1, 0.15) is 50.2 Å². The first-order valence-corrected chi connectivity index (χ1v) is 10.9. The van der Waals surface area contributed by atoms with Gasteiger partial charge in [-0.05, 0) is 41.8 Å². The number of benzene rings is 2. The van der Waals surface area contributed by atoms with Crippen molar-refractivity contribution in [1.29, 1.82) is 0 Å². The van der Waals surface area contributed by atoms with Gasteiger partial charge in [-0.25, -0.2) is 4.68 Å². The Kier molecular flexibility index (Phi) is 6.25. The third-order valence-electron chi connectivity index (χ3n) is 6.31. The van der Waals surface area contributed by atoms with Crippen molar-refractivity contribution >= 4 is 0 Å². The Morgan fingerprint density at radius 3 is 2.17 bits per heavy atom. The Morgan fingerprint density at radius 1 is 0.900 bits per heavy atom. The highest BCUT2D eigenvalue weighted by molar-refractivity contribution is 5.25. The molecular formula is C24H32N6. The summed E-state index contributed by atoms with van der Waals surface area (Å²) in [6.07, 6.45) is 0.970. The van der Waals surface area contributed by atoms with Crippen LogP contribution in [0.2, 0.25) is 0 Å². The number of rotatable bonds is 7. The van der Waals surface area contributed by atoms with Crippen LogP contribution in [-0.4, -0.2) is 56.2 Å². The summed E-state index contributed by atoms with van der Waals surface area (Å²) < 4.78 is 2.03. The molecule has 0 spiro atoms. The van der Waals surface area contributed by atoms with E-state index in [1.807, 2.05) is 4.68 Å². The monoisotopic (exact) mass is 404 g/mol. The van der Waals surface area contributed by atoms with Crippen LogP contribution in [0.25, 0.3) is 0 Å². The average Bonchev–Trinajstić information content (AvgIpc) is 3.27. The van der Waals surface area contributed by atoms with Gasteiger partial charge in [0.05, 0.1) is 11.6 Å². The first kappa shape index (κ1) is 20.7. The summed E-state index contributed by atoms with van der Waals surface area (Å²) in [7, 11) is 0. The quantitative estimate of drug-likeness (QED) is 0.601. The molecule has 1 aliphatic rings. The van der Waals surface area contributed by atoms with Crippen LogP contribution in [0, 0.1) is 0 Å². The van der Waals surface area contributed by atoms with E-state index in [0.717, 1.165) is 45.0 Å². The van der Waals surface area contributed by atoms with Gasteiger partial charge in [-0.15, -0.1) is 5.10 Å². The molecule has 158 valence electrons. The van der Waals surface area contributed by atoms with Crippen LogP contribution in [0.3, 0.4) is 0 Å². The van der Waals surface area contributed by atoms with Gasteiger partial charge in [0.2, 0.25) is 0 Å². The Labute approximate surface area is 179 Å². The van der Waals surface area contributed by atoms with Gasteiger partial charge < -0.3 is 0 Å². The van der Waals surface area contributed by atoms with Gasteiger partial charge in [-0.1, -0.05) is 67.6 Å². The van der Waals surface area contributed by atoms with E-state index >= 15 is 0 Å². The Morgan fingerprint density at radius 2 is 1.53 bits per heavy atom. The molecule has 0 radical (unpaired) electrons. The molecule has 1 fully saturated rings. The van der Waals surface area contributed by atoms with E-state index in [1.165, 1.54) is 11.1 Å². The van der Waals surface area contributed by atoms with Crippen LogP contribution in [0.5, 0.6) is 0 Å². The summed E-state index contributed by atoms with van der Waals surface area (Å²) in [5.41, 5.74) is 2.50. The molecule has 0 amide bonds. The van der Waals surface area contributed by atoms with Crippen molar-refractivity contribution < 1.29 is 0 Å². The molecule has 2 aromatic carbocycles. The third kappa shape index (κ3) is 4.45. The van der Waals surface area contributed by atoms with Gasteiger partial charge in [-0.3, -0.25) is 9.80 Å². The Balaban J connectivity index is 1.56. The highest BCUT2D eigenvalue weighted by Gasteiger charge is 2.33. The fourth-order valence-electron chi connectivity index (χ4n) is 4.13. The van der Waals surface area contributed by atoms with Crippen molar-refractivity contribution in [1.82, 2.24) is 30.0 Å². The van der Waals surface area contributed by atoms with Crippen LogP contribution in [-0.2, 0) is 12.1 Å². The lowest BCUT2D eigenvalue weighted by molar-refractivity contribution is 0.0973. The molecule has 4 rings (SSSR count). The maximum Gasteiger partial charge on any atom is 0.173 e. The van der Waals surface area contributed by atoms with Gasteiger partial charge in [0.25, 0.3) is 0 Å². The second-order valence-corrected chi connectivity index (χ2v) is 8.73. The molecule has 6 nitrogen and oxygen atoms in total. The SMILES string of the molecule is CCC(C)(C)n1nnnc1[C@@H](c1ccccc1)N1CCN(Cc2ccccc2)CC1.